The second-order valence-electron chi connectivity index (χ2n) is 2.92. The summed E-state index contributed by atoms with van der Waals surface area (Å²) in [7, 11) is 1.70. The third kappa shape index (κ3) is 1.79. The number of benzene rings is 1. The van der Waals surface area contributed by atoms with Crippen molar-refractivity contribution in [2.45, 2.75) is 26.7 Å². The summed E-state index contributed by atoms with van der Waals surface area (Å²) in [6, 6.07) is 7.08. The maximum Gasteiger partial charge on any atom is 0.130 e. The molecule has 12 heavy (non-hydrogen) atoms. The van der Waals surface area contributed by atoms with Gasteiger partial charge in [-0.25, -0.2) is 0 Å². The topological polar surface area (TPSA) is 9.23 Å². The van der Waals surface area contributed by atoms with Gasteiger partial charge in [-0.15, -0.1) is 0 Å². The molecule has 1 aromatic carbocycles. The Kier molecular flexibility index (Phi) is 3.15. The molecule has 0 atom stereocenters. The molecule has 0 bridgehead atoms. The van der Waals surface area contributed by atoms with Crippen molar-refractivity contribution in [3.05, 3.63) is 29.3 Å². The van der Waals surface area contributed by atoms with Gasteiger partial charge in [-0.2, -0.15) is 0 Å². The van der Waals surface area contributed by atoms with E-state index in [9.17, 15) is 0 Å². The molecule has 0 aliphatic carbocycles. The molecule has 0 aromatic heterocycles. The summed E-state index contributed by atoms with van der Waals surface area (Å²) in [5.41, 5.74) is 2.59. The van der Waals surface area contributed by atoms with Gasteiger partial charge in [0.1, 0.15) is 5.75 Å². The molecule has 0 aliphatic heterocycles. The number of ether oxygens (including phenoxy) is 1. The molecular weight excluding hydrogens is 148 g/mol. The van der Waals surface area contributed by atoms with Crippen LogP contribution in [0.4, 0.5) is 0 Å². The molecule has 1 radical (unpaired) electrons. The van der Waals surface area contributed by atoms with Gasteiger partial charge in [0.15, 0.2) is 0 Å². The van der Waals surface area contributed by atoms with E-state index in [2.05, 4.69) is 26.0 Å². The summed E-state index contributed by atoms with van der Waals surface area (Å²) in [6.45, 7) is 4.28. The van der Waals surface area contributed by atoms with Crippen molar-refractivity contribution in [1.82, 2.24) is 0 Å². The molecule has 0 fully saturated rings. The van der Waals surface area contributed by atoms with Gasteiger partial charge in [0.25, 0.3) is 0 Å². The van der Waals surface area contributed by atoms with Crippen LogP contribution in [0.5, 0.6) is 5.75 Å². The van der Waals surface area contributed by atoms with Crippen molar-refractivity contribution in [3.63, 3.8) is 0 Å². The monoisotopic (exact) mass is 163 g/mol. The Morgan fingerprint density at radius 2 is 2.25 bits per heavy atom. The number of hydrogen-bond donors (Lipinski definition) is 0. The summed E-state index contributed by atoms with van der Waals surface area (Å²) in [6.07, 6.45) is 2.22. The van der Waals surface area contributed by atoms with Crippen molar-refractivity contribution in [2.24, 2.45) is 0 Å². The van der Waals surface area contributed by atoms with Crippen molar-refractivity contribution in [2.75, 3.05) is 7.11 Å². The highest BCUT2D eigenvalue weighted by Gasteiger charge is 2.03. The fraction of sp³-hybridized carbons (Fsp3) is 0.455. The Labute approximate surface area is 74.4 Å². The molecule has 0 spiro atoms. The third-order valence-electron chi connectivity index (χ3n) is 2.00. The summed E-state index contributed by atoms with van der Waals surface area (Å²) in [4.78, 5) is 0. The lowest BCUT2D eigenvalue weighted by molar-refractivity contribution is 0.408. The first-order valence-corrected chi connectivity index (χ1v) is 4.33. The highest BCUT2D eigenvalue weighted by Crippen LogP contribution is 2.22. The van der Waals surface area contributed by atoms with Gasteiger partial charge in [-0.05, 0) is 24.5 Å². The molecule has 0 unspecified atom stereocenters. The minimum absolute atomic E-state index is 0.900. The van der Waals surface area contributed by atoms with Crippen LogP contribution >= 0.6 is 0 Å². The van der Waals surface area contributed by atoms with E-state index in [1.54, 1.807) is 7.11 Å². The van der Waals surface area contributed by atoms with E-state index in [0.717, 1.165) is 18.6 Å². The fourth-order valence-electron chi connectivity index (χ4n) is 1.35. The van der Waals surface area contributed by atoms with E-state index in [-0.39, 0.29) is 0 Å². The number of rotatable bonds is 3. The van der Waals surface area contributed by atoms with Crippen molar-refractivity contribution in [3.8, 4) is 5.75 Å². The molecule has 1 rings (SSSR count). The molecule has 0 amide bonds. The van der Waals surface area contributed by atoms with E-state index in [1.807, 2.05) is 6.07 Å². The Balaban J connectivity index is 3.02. The number of hydrogen-bond acceptors (Lipinski definition) is 1. The average molecular weight is 163 g/mol. The fourth-order valence-corrected chi connectivity index (χ4v) is 1.35. The van der Waals surface area contributed by atoms with Gasteiger partial charge in [0.2, 0.25) is 0 Å². The SMILES string of the molecule is CCCc1c(OC)[c]ccc1C. The van der Waals surface area contributed by atoms with E-state index in [0.29, 0.717) is 0 Å². The zero-order valence-corrected chi connectivity index (χ0v) is 7.98. The van der Waals surface area contributed by atoms with Crippen LogP contribution in [0.3, 0.4) is 0 Å². The zero-order chi connectivity index (χ0) is 8.97. The first kappa shape index (κ1) is 9.11. The summed E-state index contributed by atoms with van der Waals surface area (Å²) < 4.78 is 5.22. The predicted molar refractivity (Wildman–Crippen MR) is 50.6 cm³/mol. The minimum Gasteiger partial charge on any atom is -0.496 e. The van der Waals surface area contributed by atoms with Gasteiger partial charge in [-0.1, -0.05) is 25.5 Å². The van der Waals surface area contributed by atoms with E-state index >= 15 is 0 Å². The Morgan fingerprint density at radius 3 is 2.83 bits per heavy atom. The van der Waals surface area contributed by atoms with Crippen LogP contribution in [0, 0.1) is 13.0 Å². The van der Waals surface area contributed by atoms with Crippen molar-refractivity contribution in [1.29, 1.82) is 0 Å². The lowest BCUT2D eigenvalue weighted by Crippen LogP contribution is -1.94. The lowest BCUT2D eigenvalue weighted by atomic mass is 10.0. The van der Waals surface area contributed by atoms with Crippen LogP contribution in [0.25, 0.3) is 0 Å². The molecule has 1 nitrogen and oxygen atoms in total. The van der Waals surface area contributed by atoms with E-state index < -0.39 is 0 Å². The van der Waals surface area contributed by atoms with Gasteiger partial charge in [0.05, 0.1) is 7.11 Å². The molecule has 0 aliphatic rings. The number of methoxy groups -OCH3 is 1. The molecule has 0 saturated heterocycles. The number of aryl methyl sites for hydroxylation is 1. The first-order valence-electron chi connectivity index (χ1n) is 4.33. The molecule has 0 N–H and O–H groups in total. The molecule has 0 saturated carbocycles. The van der Waals surface area contributed by atoms with Crippen LogP contribution in [0.15, 0.2) is 12.1 Å². The maximum atomic E-state index is 5.22. The van der Waals surface area contributed by atoms with Crippen LogP contribution in [-0.4, -0.2) is 7.11 Å². The highest BCUT2D eigenvalue weighted by atomic mass is 16.5. The van der Waals surface area contributed by atoms with Gasteiger partial charge >= 0.3 is 0 Å². The zero-order valence-electron chi connectivity index (χ0n) is 7.98. The second-order valence-corrected chi connectivity index (χ2v) is 2.92. The molecule has 1 heteroatoms. The van der Waals surface area contributed by atoms with Gasteiger partial charge in [-0.3, -0.25) is 0 Å². The van der Waals surface area contributed by atoms with Crippen molar-refractivity contribution < 1.29 is 4.74 Å². The Hall–Kier alpha value is -0.980. The van der Waals surface area contributed by atoms with Crippen molar-refractivity contribution >= 4 is 0 Å². The Morgan fingerprint density at radius 1 is 1.50 bits per heavy atom. The lowest BCUT2D eigenvalue weighted by Gasteiger charge is -2.09. The van der Waals surface area contributed by atoms with Gasteiger partial charge in [0, 0.05) is 6.07 Å². The first-order chi connectivity index (χ1) is 5.79. The quantitative estimate of drug-likeness (QED) is 0.665. The second kappa shape index (κ2) is 4.15. The summed E-state index contributed by atoms with van der Waals surface area (Å²) in [5.74, 6) is 0.900. The van der Waals surface area contributed by atoms with Crippen LogP contribution in [0.2, 0.25) is 0 Å². The normalized spacial score (nSPS) is 9.92. The van der Waals surface area contributed by atoms with Crippen LogP contribution in [-0.2, 0) is 6.42 Å². The third-order valence-corrected chi connectivity index (χ3v) is 2.00. The van der Waals surface area contributed by atoms with E-state index in [4.69, 9.17) is 4.74 Å². The molecule has 1 aromatic rings. The Bertz CT molecular complexity index is 253. The standard InChI is InChI=1S/C11H15O/c1-4-6-10-9(2)7-5-8-11(10)12-3/h5,7H,4,6H2,1-3H3. The predicted octanol–water partition coefficient (Wildman–Crippen LogP) is 2.76. The average Bonchev–Trinajstić information content (AvgIpc) is 2.09. The smallest absolute Gasteiger partial charge is 0.130 e. The van der Waals surface area contributed by atoms with Crippen LogP contribution in [0.1, 0.15) is 24.5 Å². The molecular formula is C11H15O. The minimum atomic E-state index is 0.900. The summed E-state index contributed by atoms with van der Waals surface area (Å²) >= 11 is 0. The molecule has 65 valence electrons. The molecule has 0 heterocycles. The largest absolute Gasteiger partial charge is 0.496 e. The summed E-state index contributed by atoms with van der Waals surface area (Å²) in [5, 5.41) is 0. The van der Waals surface area contributed by atoms with Gasteiger partial charge < -0.3 is 4.74 Å². The maximum absolute atomic E-state index is 5.22. The van der Waals surface area contributed by atoms with Crippen LogP contribution < -0.4 is 4.74 Å². The van der Waals surface area contributed by atoms with E-state index in [1.165, 1.54) is 11.1 Å². The highest BCUT2D eigenvalue weighted by molar-refractivity contribution is 5.38.